The third-order valence-electron chi connectivity index (χ3n) is 14.6. The van der Waals surface area contributed by atoms with Crippen LogP contribution in [0.15, 0.2) is 71.8 Å². The Kier molecular flexibility index (Phi) is 12.6. The molecule has 6 atom stereocenters. The highest BCUT2D eigenvalue weighted by atomic mass is 16.2. The van der Waals surface area contributed by atoms with Crippen molar-refractivity contribution in [1.82, 2.24) is 0 Å². The maximum Gasteiger partial charge on any atom is 0.183 e. The van der Waals surface area contributed by atoms with Gasteiger partial charge in [-0.2, -0.15) is 0 Å². The second-order valence-electron chi connectivity index (χ2n) is 17.9. The average molecular weight is 755 g/mol. The van der Waals surface area contributed by atoms with Gasteiger partial charge in [-0.05, 0) is 121 Å². The number of rotatable bonds is 22. The Morgan fingerprint density at radius 1 is 0.482 bits per heavy atom. The van der Waals surface area contributed by atoms with Gasteiger partial charge in [0.05, 0.1) is 10.8 Å². The minimum absolute atomic E-state index is 0.0218. The molecular formula is C52H66O4. The molecule has 2 aromatic carbocycles. The summed E-state index contributed by atoms with van der Waals surface area (Å²) in [4.78, 5) is 58.6. The van der Waals surface area contributed by atoms with Crippen molar-refractivity contribution in [2.24, 2.45) is 22.7 Å². The van der Waals surface area contributed by atoms with E-state index in [9.17, 15) is 14.4 Å². The third kappa shape index (κ3) is 6.69. The van der Waals surface area contributed by atoms with Gasteiger partial charge in [0, 0.05) is 23.0 Å². The van der Waals surface area contributed by atoms with Gasteiger partial charge in [0.1, 0.15) is 0 Å². The van der Waals surface area contributed by atoms with Crippen molar-refractivity contribution in [2.75, 3.05) is 0 Å². The van der Waals surface area contributed by atoms with Crippen LogP contribution >= 0.6 is 0 Å². The second kappa shape index (κ2) is 17.5. The van der Waals surface area contributed by atoms with Crippen molar-refractivity contribution >= 4 is 23.1 Å². The topological polar surface area (TPSA) is 68.3 Å². The van der Waals surface area contributed by atoms with E-state index in [1.165, 1.54) is 110 Å². The predicted octanol–water partition coefficient (Wildman–Crippen LogP) is 12.0. The summed E-state index contributed by atoms with van der Waals surface area (Å²) in [6.07, 6.45) is 28.1. The number of allylic oxidation sites excluding steroid dienone is 6. The smallest absolute Gasteiger partial charge is 0.183 e. The zero-order chi connectivity index (χ0) is 39.5. The van der Waals surface area contributed by atoms with E-state index in [0.29, 0.717) is 11.1 Å². The Morgan fingerprint density at radius 3 is 1.52 bits per heavy atom. The van der Waals surface area contributed by atoms with Crippen LogP contribution in [-0.4, -0.2) is 23.1 Å². The quantitative estimate of drug-likeness (QED) is 0.0886. The Morgan fingerprint density at radius 2 is 0.964 bits per heavy atom. The number of ketones is 4. The van der Waals surface area contributed by atoms with Crippen LogP contribution in [0.5, 0.6) is 0 Å². The molecule has 2 fully saturated rings. The lowest BCUT2D eigenvalue weighted by atomic mass is 9.52. The molecule has 8 rings (SSSR count). The number of benzene rings is 2. The van der Waals surface area contributed by atoms with Crippen LogP contribution in [0.1, 0.15) is 176 Å². The Bertz CT molecular complexity index is 1920. The summed E-state index contributed by atoms with van der Waals surface area (Å²) in [7, 11) is 0. The van der Waals surface area contributed by atoms with Gasteiger partial charge in [0.25, 0.3) is 0 Å². The van der Waals surface area contributed by atoms with E-state index < -0.39 is 10.8 Å². The van der Waals surface area contributed by atoms with Gasteiger partial charge < -0.3 is 0 Å². The highest BCUT2D eigenvalue weighted by Crippen LogP contribution is 2.93. The first kappa shape index (κ1) is 40.5. The summed E-state index contributed by atoms with van der Waals surface area (Å²) in [5.41, 5.74) is 6.00. The SMILES string of the molecule is CCCCCCc1ccc(CCCCCC)c([C@H]2[C@@H]3C4=C(C(=O)C=CC4=O)[C@]45C(=O)C=CC(=O)[C@@]4([C@@H]3c3cc(CCCCCC)ccc3CCCCCC)[C@@H]25)c1. The molecule has 56 heavy (non-hydrogen) atoms. The van der Waals surface area contributed by atoms with Crippen molar-refractivity contribution in [3.8, 4) is 0 Å². The summed E-state index contributed by atoms with van der Waals surface area (Å²) in [5.74, 6) is -1.83. The molecule has 0 heterocycles. The number of aryl methyl sites for hydroxylation is 4. The maximum atomic E-state index is 15.1. The number of carbonyl (C=O) groups is 4. The predicted molar refractivity (Wildman–Crippen MR) is 227 cm³/mol. The van der Waals surface area contributed by atoms with Crippen LogP contribution < -0.4 is 0 Å². The molecule has 0 saturated heterocycles. The zero-order valence-electron chi connectivity index (χ0n) is 34.9. The maximum absolute atomic E-state index is 15.1. The van der Waals surface area contributed by atoms with Crippen molar-refractivity contribution in [1.29, 1.82) is 0 Å². The summed E-state index contributed by atoms with van der Waals surface area (Å²) >= 11 is 0. The zero-order valence-corrected chi connectivity index (χ0v) is 34.9. The van der Waals surface area contributed by atoms with Crippen LogP contribution in [0.2, 0.25) is 0 Å². The van der Waals surface area contributed by atoms with Crippen molar-refractivity contribution < 1.29 is 19.2 Å². The lowest BCUT2D eigenvalue weighted by molar-refractivity contribution is -0.131. The standard InChI is InChI=1S/C52H66O4/c1-5-9-13-17-21-35-25-27-37(23-19-15-11-7-3)39(33-35)45-47-46-41(53)29-30-42(54)49(46)52-44(56)32-31-43(55)51(52,50(45)52)48(47)40-34-36(22-18-14-10-6-2)26-28-38(40)24-20-16-12-8-4/h25-34,45,47-48,50H,5-24H2,1-4H3/t45-,47+,48+,50+,51+,52-/m0/s1. The summed E-state index contributed by atoms with van der Waals surface area (Å²) in [6.45, 7) is 8.96. The van der Waals surface area contributed by atoms with Crippen molar-refractivity contribution in [3.63, 3.8) is 0 Å². The summed E-state index contributed by atoms with van der Waals surface area (Å²) < 4.78 is 0. The van der Waals surface area contributed by atoms with E-state index in [0.717, 1.165) is 76.2 Å². The molecule has 0 aromatic heterocycles. The molecule has 4 bridgehead atoms. The lowest BCUT2D eigenvalue weighted by Gasteiger charge is -2.47. The van der Waals surface area contributed by atoms with E-state index in [4.69, 9.17) is 0 Å². The largest absolute Gasteiger partial charge is 0.294 e. The fourth-order valence-corrected chi connectivity index (χ4v) is 12.1. The monoisotopic (exact) mass is 754 g/mol. The molecule has 0 radical (unpaired) electrons. The van der Waals surface area contributed by atoms with Gasteiger partial charge in [-0.15, -0.1) is 0 Å². The average Bonchev–Trinajstić information content (AvgIpc) is 3.77. The van der Waals surface area contributed by atoms with Crippen LogP contribution in [0.4, 0.5) is 0 Å². The van der Waals surface area contributed by atoms with E-state index in [1.807, 2.05) is 0 Å². The molecule has 0 aliphatic heterocycles. The number of hydrogen-bond acceptors (Lipinski definition) is 4. The molecule has 298 valence electrons. The second-order valence-corrected chi connectivity index (χ2v) is 17.9. The fourth-order valence-electron chi connectivity index (χ4n) is 12.1. The molecule has 6 aliphatic rings. The van der Waals surface area contributed by atoms with Crippen molar-refractivity contribution in [2.45, 2.75) is 168 Å². The van der Waals surface area contributed by atoms with Gasteiger partial charge in [-0.3, -0.25) is 19.2 Å². The first-order chi connectivity index (χ1) is 27.3. The first-order valence-electron chi connectivity index (χ1n) is 22.8. The molecule has 2 aromatic rings. The van der Waals surface area contributed by atoms with Gasteiger partial charge in [0.15, 0.2) is 23.1 Å². The van der Waals surface area contributed by atoms with E-state index in [-0.39, 0.29) is 46.8 Å². The molecule has 2 spiro atoms. The first-order valence-corrected chi connectivity index (χ1v) is 22.8. The summed E-state index contributed by atoms with van der Waals surface area (Å²) in [6, 6.07) is 14.0. The van der Waals surface area contributed by atoms with E-state index in [1.54, 1.807) is 0 Å². The highest BCUT2D eigenvalue weighted by molar-refractivity contribution is 6.30. The third-order valence-corrected chi connectivity index (χ3v) is 14.6. The minimum Gasteiger partial charge on any atom is -0.294 e. The minimum atomic E-state index is -1.30. The van der Waals surface area contributed by atoms with Gasteiger partial charge in [-0.25, -0.2) is 0 Å². The van der Waals surface area contributed by atoms with Crippen LogP contribution in [-0.2, 0) is 44.9 Å². The molecule has 0 amide bonds. The van der Waals surface area contributed by atoms with Gasteiger partial charge >= 0.3 is 0 Å². The number of hydrogen-bond donors (Lipinski definition) is 0. The molecular weight excluding hydrogens is 689 g/mol. The lowest BCUT2D eigenvalue weighted by Crippen LogP contribution is -2.49. The molecule has 4 heteroatoms. The Labute approximate surface area is 337 Å². The van der Waals surface area contributed by atoms with Crippen LogP contribution in [0.3, 0.4) is 0 Å². The van der Waals surface area contributed by atoms with Crippen molar-refractivity contribution in [3.05, 3.63) is 105 Å². The number of carbonyl (C=O) groups excluding carboxylic acids is 4. The summed E-state index contributed by atoms with van der Waals surface area (Å²) in [5, 5.41) is 0. The fraction of sp³-hybridized carbons (Fsp3) is 0.577. The molecule has 6 aliphatic carbocycles. The molecule has 4 nitrogen and oxygen atoms in total. The van der Waals surface area contributed by atoms with Gasteiger partial charge in [0.2, 0.25) is 0 Å². The molecule has 2 saturated carbocycles. The molecule has 0 unspecified atom stereocenters. The Hall–Kier alpha value is -3.66. The van der Waals surface area contributed by atoms with Gasteiger partial charge in [-0.1, -0.05) is 141 Å². The van der Waals surface area contributed by atoms with Crippen LogP contribution in [0, 0.1) is 22.7 Å². The highest BCUT2D eigenvalue weighted by Gasteiger charge is 2.96. The Balaban J connectivity index is 1.44. The normalized spacial score (nSPS) is 27.0. The number of unbranched alkanes of at least 4 members (excludes halogenated alkanes) is 12. The van der Waals surface area contributed by atoms with E-state index in [2.05, 4.69) is 64.1 Å². The van der Waals surface area contributed by atoms with Crippen LogP contribution in [0.25, 0.3) is 0 Å². The van der Waals surface area contributed by atoms with E-state index >= 15 is 4.79 Å². The molecule has 0 N–H and O–H groups in total.